The molecule has 1 aliphatic rings. The molecule has 3 heteroatoms. The maximum absolute atomic E-state index is 10.0. The molecule has 0 aromatic heterocycles. The molecular formula is C21H27NO2. The van der Waals surface area contributed by atoms with Gasteiger partial charge in [0.25, 0.3) is 0 Å². The Labute approximate surface area is 144 Å². The topological polar surface area (TPSA) is 32.7 Å². The third-order valence-electron chi connectivity index (χ3n) is 5.32. The van der Waals surface area contributed by atoms with Crippen molar-refractivity contribution >= 4 is 0 Å². The molecule has 0 spiro atoms. The Kier molecular flexibility index (Phi) is 5.54. The van der Waals surface area contributed by atoms with Crippen molar-refractivity contribution in [3.8, 4) is 5.75 Å². The van der Waals surface area contributed by atoms with E-state index >= 15 is 0 Å². The summed E-state index contributed by atoms with van der Waals surface area (Å²) in [5.74, 6) is 1.38. The van der Waals surface area contributed by atoms with Crippen LogP contribution in [0.15, 0.2) is 54.6 Å². The normalized spacial score (nSPS) is 23.0. The van der Waals surface area contributed by atoms with Gasteiger partial charge in [0, 0.05) is 6.04 Å². The van der Waals surface area contributed by atoms with Crippen LogP contribution in [0.1, 0.15) is 42.9 Å². The zero-order valence-electron chi connectivity index (χ0n) is 14.6. The number of hydrogen-bond acceptors (Lipinski definition) is 3. The molecule has 3 rings (SSSR count). The van der Waals surface area contributed by atoms with E-state index < -0.39 is 0 Å². The molecule has 2 aromatic carbocycles. The number of likely N-dealkylation sites (tertiary alicyclic amines) is 1. The first-order valence-electron chi connectivity index (χ1n) is 8.80. The summed E-state index contributed by atoms with van der Waals surface area (Å²) in [5, 5.41) is 10.0. The monoisotopic (exact) mass is 325 g/mol. The van der Waals surface area contributed by atoms with Gasteiger partial charge in [-0.2, -0.15) is 0 Å². The summed E-state index contributed by atoms with van der Waals surface area (Å²) >= 11 is 0. The maximum Gasteiger partial charge on any atom is 0.119 e. The van der Waals surface area contributed by atoms with Gasteiger partial charge in [0.05, 0.1) is 19.8 Å². The molecule has 0 unspecified atom stereocenters. The fourth-order valence-electron chi connectivity index (χ4n) is 4.00. The number of nitrogens with zero attached hydrogens (tertiary/aromatic N) is 1. The molecule has 1 N–H and O–H groups in total. The van der Waals surface area contributed by atoms with Crippen LogP contribution in [-0.2, 0) is 0 Å². The molecule has 1 saturated heterocycles. The minimum absolute atomic E-state index is 0.0645. The molecule has 0 radical (unpaired) electrons. The molecule has 3 nitrogen and oxygen atoms in total. The van der Waals surface area contributed by atoms with E-state index in [0.717, 1.165) is 18.7 Å². The Morgan fingerprint density at radius 2 is 1.96 bits per heavy atom. The van der Waals surface area contributed by atoms with Crippen molar-refractivity contribution in [1.82, 2.24) is 4.90 Å². The highest BCUT2D eigenvalue weighted by atomic mass is 16.5. The predicted octanol–water partition coefficient (Wildman–Crippen LogP) is 4.00. The zero-order chi connectivity index (χ0) is 16.9. The quantitative estimate of drug-likeness (QED) is 0.902. The molecule has 1 fully saturated rings. The van der Waals surface area contributed by atoms with Gasteiger partial charge in [-0.25, -0.2) is 0 Å². The van der Waals surface area contributed by atoms with Crippen LogP contribution >= 0.6 is 0 Å². The SMILES string of the molecule is COc1cccc([C@H]2CCCN([C@@H](CO)c3ccccc3)[C@H]2C)c1. The number of rotatable bonds is 5. The van der Waals surface area contributed by atoms with Gasteiger partial charge in [-0.15, -0.1) is 0 Å². The van der Waals surface area contributed by atoms with Gasteiger partial charge in [0.15, 0.2) is 0 Å². The van der Waals surface area contributed by atoms with Gasteiger partial charge in [-0.3, -0.25) is 4.90 Å². The van der Waals surface area contributed by atoms with Crippen LogP contribution in [0.25, 0.3) is 0 Å². The first kappa shape index (κ1) is 17.0. The standard InChI is InChI=1S/C21H27NO2/c1-16-20(18-10-6-11-19(14-18)24-2)12-7-13-22(16)21(15-23)17-8-4-3-5-9-17/h3-6,8-11,14,16,20-21,23H,7,12-13,15H2,1-2H3/t16-,20-,21-/m0/s1. The number of methoxy groups -OCH3 is 1. The van der Waals surface area contributed by atoms with Crippen molar-refractivity contribution < 1.29 is 9.84 Å². The molecule has 2 aromatic rings. The van der Waals surface area contributed by atoms with Crippen molar-refractivity contribution in [2.75, 3.05) is 20.3 Å². The summed E-state index contributed by atoms with van der Waals surface area (Å²) in [6, 6.07) is 19.2. The largest absolute Gasteiger partial charge is 0.497 e. The van der Waals surface area contributed by atoms with Crippen LogP contribution in [0, 0.1) is 0 Å². The van der Waals surface area contributed by atoms with E-state index in [2.05, 4.69) is 42.2 Å². The fraction of sp³-hybridized carbons (Fsp3) is 0.429. The van der Waals surface area contributed by atoms with Gasteiger partial charge in [-0.1, -0.05) is 42.5 Å². The summed E-state index contributed by atoms with van der Waals surface area (Å²) in [6.45, 7) is 3.47. The fourth-order valence-corrected chi connectivity index (χ4v) is 4.00. The number of benzene rings is 2. The van der Waals surface area contributed by atoms with Crippen LogP contribution in [0.2, 0.25) is 0 Å². The molecule has 24 heavy (non-hydrogen) atoms. The van der Waals surface area contributed by atoms with Crippen LogP contribution in [0.4, 0.5) is 0 Å². The Morgan fingerprint density at radius 1 is 1.17 bits per heavy atom. The van der Waals surface area contributed by atoms with Gasteiger partial charge in [-0.05, 0) is 55.5 Å². The Morgan fingerprint density at radius 3 is 2.67 bits per heavy atom. The molecule has 0 amide bonds. The number of hydrogen-bond donors (Lipinski definition) is 1. The number of aliphatic hydroxyl groups is 1. The summed E-state index contributed by atoms with van der Waals surface area (Å²) in [4.78, 5) is 2.46. The van der Waals surface area contributed by atoms with Crippen molar-refractivity contribution in [3.05, 3.63) is 65.7 Å². The van der Waals surface area contributed by atoms with E-state index in [1.807, 2.05) is 24.3 Å². The molecule has 3 atom stereocenters. The van der Waals surface area contributed by atoms with Crippen molar-refractivity contribution in [3.63, 3.8) is 0 Å². The van der Waals surface area contributed by atoms with Crippen molar-refractivity contribution in [1.29, 1.82) is 0 Å². The first-order valence-corrected chi connectivity index (χ1v) is 8.80. The minimum Gasteiger partial charge on any atom is -0.497 e. The lowest BCUT2D eigenvalue weighted by atomic mass is 9.83. The number of piperidine rings is 1. The second-order valence-corrected chi connectivity index (χ2v) is 6.61. The molecule has 0 aliphatic carbocycles. The Balaban J connectivity index is 1.85. The van der Waals surface area contributed by atoms with Crippen molar-refractivity contribution in [2.24, 2.45) is 0 Å². The van der Waals surface area contributed by atoms with Gasteiger partial charge >= 0.3 is 0 Å². The number of aliphatic hydroxyl groups excluding tert-OH is 1. The van der Waals surface area contributed by atoms with Gasteiger partial charge in [0.1, 0.15) is 5.75 Å². The smallest absolute Gasteiger partial charge is 0.119 e. The van der Waals surface area contributed by atoms with E-state index in [-0.39, 0.29) is 12.6 Å². The number of ether oxygens (including phenoxy) is 1. The first-order chi connectivity index (χ1) is 11.7. The average Bonchev–Trinajstić information content (AvgIpc) is 2.64. The van der Waals surface area contributed by atoms with Crippen molar-refractivity contribution in [2.45, 2.75) is 37.8 Å². The van der Waals surface area contributed by atoms with E-state index in [4.69, 9.17) is 4.74 Å². The Bertz CT molecular complexity index is 643. The lowest BCUT2D eigenvalue weighted by molar-refractivity contribution is 0.0523. The van der Waals surface area contributed by atoms with Crippen LogP contribution in [-0.4, -0.2) is 36.3 Å². The lowest BCUT2D eigenvalue weighted by Crippen LogP contribution is -2.45. The highest BCUT2D eigenvalue weighted by Crippen LogP contribution is 2.37. The molecular weight excluding hydrogens is 298 g/mol. The maximum atomic E-state index is 10.0. The summed E-state index contributed by atoms with van der Waals surface area (Å²) in [6.07, 6.45) is 2.33. The summed E-state index contributed by atoms with van der Waals surface area (Å²) < 4.78 is 5.39. The second-order valence-electron chi connectivity index (χ2n) is 6.61. The molecule has 1 aliphatic heterocycles. The van der Waals surface area contributed by atoms with E-state index in [0.29, 0.717) is 12.0 Å². The minimum atomic E-state index is 0.0645. The molecule has 0 saturated carbocycles. The molecule has 0 bridgehead atoms. The average molecular weight is 325 g/mol. The third kappa shape index (κ3) is 3.47. The molecule has 128 valence electrons. The highest BCUT2D eigenvalue weighted by Gasteiger charge is 2.33. The van der Waals surface area contributed by atoms with Crippen LogP contribution in [0.3, 0.4) is 0 Å². The van der Waals surface area contributed by atoms with Gasteiger partial charge < -0.3 is 9.84 Å². The summed E-state index contributed by atoms with van der Waals surface area (Å²) in [7, 11) is 1.72. The second kappa shape index (κ2) is 7.82. The summed E-state index contributed by atoms with van der Waals surface area (Å²) in [5.41, 5.74) is 2.52. The Hall–Kier alpha value is -1.84. The highest BCUT2D eigenvalue weighted by molar-refractivity contribution is 5.32. The zero-order valence-corrected chi connectivity index (χ0v) is 14.6. The predicted molar refractivity (Wildman–Crippen MR) is 97.4 cm³/mol. The van der Waals surface area contributed by atoms with Crippen LogP contribution in [0.5, 0.6) is 5.75 Å². The van der Waals surface area contributed by atoms with E-state index in [1.165, 1.54) is 17.5 Å². The van der Waals surface area contributed by atoms with Crippen LogP contribution < -0.4 is 4.74 Å². The third-order valence-corrected chi connectivity index (χ3v) is 5.32. The lowest BCUT2D eigenvalue weighted by Gasteiger charge is -2.44. The van der Waals surface area contributed by atoms with Gasteiger partial charge in [0.2, 0.25) is 0 Å². The van der Waals surface area contributed by atoms with E-state index in [1.54, 1.807) is 7.11 Å². The van der Waals surface area contributed by atoms with E-state index in [9.17, 15) is 5.11 Å². The molecule has 1 heterocycles.